The first-order chi connectivity index (χ1) is 15.1. The van der Waals surface area contributed by atoms with Gasteiger partial charge in [0.15, 0.2) is 0 Å². The van der Waals surface area contributed by atoms with Crippen LogP contribution in [0, 0.1) is 13.3 Å². The van der Waals surface area contributed by atoms with Gasteiger partial charge in [-0.1, -0.05) is 60.7 Å². The van der Waals surface area contributed by atoms with Crippen LogP contribution in [0.3, 0.4) is 0 Å². The third-order valence-corrected chi connectivity index (χ3v) is 3.90. The standard InChI is InChI=1S/2C11H12N2.Ag.F6P/c2*1-12-7-8-13(10-12)9-11-5-3-2-4-6-11;;1-7(2,3,4,5)6/h2*2-8H,9H2,1H3;;/q;;+1;-1. The Labute approximate surface area is 211 Å². The molecule has 4 radical (unpaired) electrons. The summed E-state index contributed by atoms with van der Waals surface area (Å²) in [7, 11) is -6.71. The van der Waals surface area contributed by atoms with Crippen molar-refractivity contribution >= 4 is 7.81 Å². The quantitative estimate of drug-likeness (QED) is 0.210. The van der Waals surface area contributed by atoms with Crippen molar-refractivity contribution in [1.29, 1.82) is 0 Å². The average molecular weight is 597 g/mol. The summed E-state index contributed by atoms with van der Waals surface area (Å²) >= 11 is 0. The molecule has 4 nitrogen and oxygen atoms in total. The van der Waals surface area contributed by atoms with Crippen molar-refractivity contribution in [1.82, 2.24) is 19.6 Å². The molecule has 190 valence electrons. The minimum absolute atomic E-state index is 0. The molecule has 0 N–H and O–H groups in total. The fourth-order valence-electron chi connectivity index (χ4n) is 2.64. The Hall–Kier alpha value is -2.13. The first-order valence-corrected chi connectivity index (χ1v) is 11.7. The van der Waals surface area contributed by atoms with Crippen LogP contribution in [-0.4, -0.2) is 33.7 Å². The summed E-state index contributed by atoms with van der Waals surface area (Å²) in [6, 6.07) is 20.8. The fraction of sp³-hybridized carbons (Fsp3) is 0.182. The molecule has 0 aliphatic carbocycles. The molecule has 0 saturated carbocycles. The van der Waals surface area contributed by atoms with Crippen LogP contribution in [0.4, 0.5) is 25.2 Å². The van der Waals surface area contributed by atoms with Crippen molar-refractivity contribution in [3.8, 4) is 0 Å². The summed E-state index contributed by atoms with van der Waals surface area (Å²) < 4.78 is 59.2. The van der Waals surface area contributed by atoms with Gasteiger partial charge < -0.3 is 19.6 Å². The van der Waals surface area contributed by atoms with Gasteiger partial charge in [-0.05, 0) is 11.1 Å². The number of hydrogen-bond donors (Lipinski definition) is 0. The van der Waals surface area contributed by atoms with Crippen LogP contribution in [0.25, 0.3) is 0 Å². The van der Waals surface area contributed by atoms with Crippen molar-refractivity contribution in [2.75, 3.05) is 14.1 Å². The Morgan fingerprint density at radius 2 is 0.882 bits per heavy atom. The van der Waals surface area contributed by atoms with Gasteiger partial charge >= 0.3 is 55.4 Å². The number of rotatable bonds is 4. The topological polar surface area (TPSA) is 13.0 Å². The molecule has 2 aliphatic heterocycles. The van der Waals surface area contributed by atoms with Gasteiger partial charge in [0.25, 0.3) is 0 Å². The van der Waals surface area contributed by atoms with E-state index in [9.17, 15) is 25.2 Å². The van der Waals surface area contributed by atoms with Gasteiger partial charge in [-0.3, -0.25) is 0 Å². The van der Waals surface area contributed by atoms with E-state index in [1.54, 1.807) is 0 Å². The maximum absolute atomic E-state index is 10.7. The molecule has 0 unspecified atom stereocenters. The monoisotopic (exact) mass is 596 g/mol. The molecular weight excluding hydrogens is 573 g/mol. The Morgan fingerprint density at radius 1 is 0.588 bits per heavy atom. The average Bonchev–Trinajstić information content (AvgIpc) is 3.29. The SMILES string of the molecule is CN1[C]N(Cc2ccccc2)C=C1.CN1[C]N(Cc2ccccc2)C=C1.F[P-](F)(F)(F)(F)F.[Ag+]. The van der Waals surface area contributed by atoms with E-state index in [1.165, 1.54) is 11.1 Å². The van der Waals surface area contributed by atoms with Gasteiger partial charge in [0.1, 0.15) is 0 Å². The Kier molecular flexibility index (Phi) is 10.1. The zero-order valence-corrected chi connectivity index (χ0v) is 20.7. The molecule has 0 bridgehead atoms. The summed E-state index contributed by atoms with van der Waals surface area (Å²) in [5.41, 5.74) is 2.60. The second-order valence-corrected chi connectivity index (χ2v) is 9.12. The maximum Gasteiger partial charge on any atom is 1.00 e. The zero-order chi connectivity index (χ0) is 24.6. The Morgan fingerprint density at radius 3 is 1.12 bits per heavy atom. The molecule has 0 amide bonds. The molecule has 0 saturated heterocycles. The van der Waals surface area contributed by atoms with E-state index in [-0.39, 0.29) is 22.4 Å². The fourth-order valence-corrected chi connectivity index (χ4v) is 2.64. The summed E-state index contributed by atoms with van der Waals surface area (Å²) in [4.78, 5) is 7.91. The predicted molar refractivity (Wildman–Crippen MR) is 118 cm³/mol. The van der Waals surface area contributed by atoms with Gasteiger partial charge in [0, 0.05) is 52.0 Å². The third-order valence-electron chi connectivity index (χ3n) is 3.90. The minimum atomic E-state index is -10.7. The van der Waals surface area contributed by atoms with Gasteiger partial charge in [-0.15, -0.1) is 0 Å². The van der Waals surface area contributed by atoms with E-state index in [0.717, 1.165) is 13.1 Å². The normalized spacial score (nSPS) is 16.6. The van der Waals surface area contributed by atoms with Crippen molar-refractivity contribution in [3.05, 3.63) is 110 Å². The smallest absolute Gasteiger partial charge is 1.00 e. The molecule has 12 heteroatoms. The van der Waals surface area contributed by atoms with Crippen LogP contribution in [0.1, 0.15) is 11.1 Å². The first kappa shape index (κ1) is 29.9. The summed E-state index contributed by atoms with van der Waals surface area (Å²) in [6.07, 6.45) is 8.02. The molecule has 0 spiro atoms. The maximum atomic E-state index is 9.87. The van der Waals surface area contributed by atoms with Crippen LogP contribution < -0.4 is 0 Å². The van der Waals surface area contributed by atoms with Crippen LogP contribution in [0.15, 0.2) is 85.5 Å². The molecule has 0 aromatic heterocycles. The van der Waals surface area contributed by atoms with E-state index < -0.39 is 7.81 Å². The van der Waals surface area contributed by atoms with Crippen LogP contribution in [0.2, 0.25) is 0 Å². The molecule has 2 aromatic carbocycles. The molecule has 2 aliphatic rings. The number of benzene rings is 2. The van der Waals surface area contributed by atoms with Crippen LogP contribution in [-0.2, 0) is 35.5 Å². The van der Waals surface area contributed by atoms with Crippen molar-refractivity contribution in [2.45, 2.75) is 13.1 Å². The molecule has 4 rings (SSSR count). The van der Waals surface area contributed by atoms with Gasteiger partial charge in [0.05, 0.1) is 0 Å². The van der Waals surface area contributed by atoms with E-state index in [2.05, 4.69) is 61.9 Å². The van der Waals surface area contributed by atoms with Crippen molar-refractivity contribution in [3.63, 3.8) is 0 Å². The largest absolute Gasteiger partial charge is 1.00 e. The molecular formula is C22H24AgF6N4P. The molecule has 0 fully saturated rings. The van der Waals surface area contributed by atoms with Gasteiger partial charge in [0.2, 0.25) is 13.3 Å². The second kappa shape index (κ2) is 11.5. The summed E-state index contributed by atoms with van der Waals surface area (Å²) in [5, 5.41) is 0. The first-order valence-electron chi connectivity index (χ1n) is 9.66. The van der Waals surface area contributed by atoms with Gasteiger partial charge in [-0.25, -0.2) is 0 Å². The van der Waals surface area contributed by atoms with Gasteiger partial charge in [-0.2, -0.15) is 0 Å². The minimum Gasteiger partial charge on any atom is 1.00 e. The summed E-state index contributed by atoms with van der Waals surface area (Å²) in [6.45, 7) is 8.10. The second-order valence-electron chi connectivity index (χ2n) is 7.20. The van der Waals surface area contributed by atoms with Crippen molar-refractivity contribution < 1.29 is 47.6 Å². The molecule has 2 aromatic rings. The van der Waals surface area contributed by atoms with E-state index in [1.807, 2.05) is 70.6 Å². The molecule has 0 atom stereocenters. The number of nitrogens with zero attached hydrogens (tertiary/aromatic N) is 4. The summed E-state index contributed by atoms with van der Waals surface area (Å²) in [5.74, 6) is 0. The predicted octanol–water partition coefficient (Wildman–Crippen LogP) is 7.18. The van der Waals surface area contributed by atoms with Crippen LogP contribution in [0.5, 0.6) is 0 Å². The van der Waals surface area contributed by atoms with Crippen LogP contribution >= 0.6 is 7.81 Å². The molecule has 34 heavy (non-hydrogen) atoms. The Balaban J connectivity index is 0.000000264. The third kappa shape index (κ3) is 15.7. The molecule has 2 heterocycles. The zero-order valence-electron chi connectivity index (χ0n) is 18.3. The van der Waals surface area contributed by atoms with E-state index in [4.69, 9.17) is 0 Å². The van der Waals surface area contributed by atoms with E-state index >= 15 is 0 Å². The Bertz CT molecular complexity index is 852. The number of hydrogen-bond acceptors (Lipinski definition) is 4. The van der Waals surface area contributed by atoms with E-state index in [0.29, 0.717) is 0 Å². The number of halogens is 6. The van der Waals surface area contributed by atoms with Crippen molar-refractivity contribution in [2.24, 2.45) is 0 Å².